The third-order valence-electron chi connectivity index (χ3n) is 2.74. The number of methoxy groups -OCH3 is 1. The number of hydrogen-bond donors (Lipinski definition) is 2. The molecule has 0 bridgehead atoms. The number of rotatable bonds is 8. The molecule has 1 unspecified atom stereocenters. The summed E-state index contributed by atoms with van der Waals surface area (Å²) in [5.74, 6) is 0.448. The molecule has 1 aromatic carbocycles. The number of nitrogens with one attached hydrogen (secondary N) is 2. The molecule has 0 radical (unpaired) electrons. The van der Waals surface area contributed by atoms with Gasteiger partial charge in [-0.05, 0) is 26.1 Å². The lowest BCUT2D eigenvalue weighted by Gasteiger charge is -2.14. The molecule has 5 nitrogen and oxygen atoms in total. The molecule has 1 rings (SSSR count). The Kier molecular flexibility index (Phi) is 9.80. The van der Waals surface area contributed by atoms with Crippen molar-refractivity contribution in [3.63, 3.8) is 0 Å². The first-order valence-corrected chi connectivity index (χ1v) is 6.35. The minimum absolute atomic E-state index is 0. The predicted molar refractivity (Wildman–Crippen MR) is 81.9 cm³/mol. The predicted octanol–water partition coefficient (Wildman–Crippen LogP) is 1.47. The van der Waals surface area contributed by atoms with E-state index in [2.05, 4.69) is 10.6 Å². The molecule has 0 spiro atoms. The first-order valence-electron chi connectivity index (χ1n) is 6.35. The number of benzene rings is 1. The van der Waals surface area contributed by atoms with Crippen LogP contribution in [0, 0.1) is 0 Å². The topological polar surface area (TPSA) is 59.6 Å². The van der Waals surface area contributed by atoms with Gasteiger partial charge in [-0.3, -0.25) is 4.79 Å². The summed E-state index contributed by atoms with van der Waals surface area (Å²) >= 11 is 0. The Morgan fingerprint density at radius 3 is 2.65 bits per heavy atom. The average molecular weight is 303 g/mol. The van der Waals surface area contributed by atoms with Crippen LogP contribution in [0.2, 0.25) is 0 Å². The number of carbonyl (C=O) groups is 1. The molecule has 114 valence electrons. The molecule has 6 heteroatoms. The third kappa shape index (κ3) is 6.23. The van der Waals surface area contributed by atoms with E-state index < -0.39 is 0 Å². The fourth-order valence-corrected chi connectivity index (χ4v) is 1.46. The first-order chi connectivity index (χ1) is 9.19. The zero-order valence-corrected chi connectivity index (χ0v) is 13.0. The van der Waals surface area contributed by atoms with Crippen LogP contribution in [0.5, 0.6) is 5.75 Å². The molecule has 0 aliphatic rings. The van der Waals surface area contributed by atoms with E-state index in [0.29, 0.717) is 31.1 Å². The molecule has 0 heterocycles. The van der Waals surface area contributed by atoms with E-state index in [-0.39, 0.29) is 24.4 Å². The first kappa shape index (κ1) is 18.7. The van der Waals surface area contributed by atoms with Gasteiger partial charge in [0.15, 0.2) is 0 Å². The van der Waals surface area contributed by atoms with Gasteiger partial charge in [0, 0.05) is 19.7 Å². The van der Waals surface area contributed by atoms with Gasteiger partial charge in [0.2, 0.25) is 0 Å². The summed E-state index contributed by atoms with van der Waals surface area (Å²) in [5.41, 5.74) is 0.543. The smallest absolute Gasteiger partial charge is 0.255 e. The third-order valence-corrected chi connectivity index (χ3v) is 2.74. The fourth-order valence-electron chi connectivity index (χ4n) is 1.46. The van der Waals surface area contributed by atoms with E-state index in [9.17, 15) is 4.79 Å². The van der Waals surface area contributed by atoms with Crippen LogP contribution in [0.15, 0.2) is 24.3 Å². The molecule has 20 heavy (non-hydrogen) atoms. The Morgan fingerprint density at radius 2 is 2.00 bits per heavy atom. The highest BCUT2D eigenvalue weighted by Gasteiger charge is 2.12. The molecule has 1 aromatic rings. The molecule has 2 N–H and O–H groups in total. The van der Waals surface area contributed by atoms with Gasteiger partial charge in [-0.1, -0.05) is 12.1 Å². The lowest BCUT2D eigenvalue weighted by molar-refractivity contribution is 0.0942. The fraction of sp³-hybridized carbons (Fsp3) is 0.500. The number of para-hydroxylation sites is 1. The Labute approximate surface area is 126 Å². The maximum Gasteiger partial charge on any atom is 0.255 e. The van der Waals surface area contributed by atoms with Gasteiger partial charge in [0.25, 0.3) is 5.91 Å². The van der Waals surface area contributed by atoms with Gasteiger partial charge in [-0.15, -0.1) is 12.4 Å². The Balaban J connectivity index is 0.00000361. The Hall–Kier alpha value is -1.30. The number of halogens is 1. The maximum absolute atomic E-state index is 12.1. The highest BCUT2D eigenvalue weighted by molar-refractivity contribution is 5.96. The highest BCUT2D eigenvalue weighted by Crippen LogP contribution is 2.17. The molecule has 0 saturated carbocycles. The summed E-state index contributed by atoms with van der Waals surface area (Å²) < 4.78 is 10.5. The lowest BCUT2D eigenvalue weighted by atomic mass is 10.2. The number of hydrogen-bond acceptors (Lipinski definition) is 4. The van der Waals surface area contributed by atoms with Gasteiger partial charge in [-0.25, -0.2) is 0 Å². The van der Waals surface area contributed by atoms with Crippen molar-refractivity contribution in [1.82, 2.24) is 10.6 Å². The second-order valence-corrected chi connectivity index (χ2v) is 4.24. The van der Waals surface area contributed by atoms with Crippen LogP contribution >= 0.6 is 12.4 Å². The van der Waals surface area contributed by atoms with Crippen molar-refractivity contribution in [2.24, 2.45) is 0 Å². The van der Waals surface area contributed by atoms with Gasteiger partial charge >= 0.3 is 0 Å². The summed E-state index contributed by atoms with van der Waals surface area (Å²) in [7, 11) is 3.47. The molecule has 0 saturated heterocycles. The summed E-state index contributed by atoms with van der Waals surface area (Å²) in [6, 6.07) is 7.42. The van der Waals surface area contributed by atoms with Gasteiger partial charge in [0.1, 0.15) is 12.4 Å². The Bertz CT molecular complexity index is 402. The van der Waals surface area contributed by atoms with E-state index >= 15 is 0 Å². The van der Waals surface area contributed by atoms with Crippen molar-refractivity contribution < 1.29 is 14.3 Å². The second-order valence-electron chi connectivity index (χ2n) is 4.24. The van der Waals surface area contributed by atoms with Crippen molar-refractivity contribution in [2.45, 2.75) is 13.0 Å². The highest BCUT2D eigenvalue weighted by atomic mass is 35.5. The average Bonchev–Trinajstić information content (AvgIpc) is 2.45. The van der Waals surface area contributed by atoms with Crippen LogP contribution in [0.1, 0.15) is 17.3 Å². The largest absolute Gasteiger partial charge is 0.490 e. The van der Waals surface area contributed by atoms with Crippen LogP contribution in [-0.2, 0) is 4.74 Å². The molecule has 0 aromatic heterocycles. The molecule has 1 atom stereocenters. The Morgan fingerprint density at radius 1 is 1.30 bits per heavy atom. The van der Waals surface area contributed by atoms with Gasteiger partial charge in [0.05, 0.1) is 12.2 Å². The summed E-state index contributed by atoms with van der Waals surface area (Å²) in [6.45, 7) is 3.49. The van der Waals surface area contributed by atoms with E-state index in [1.807, 2.05) is 26.1 Å². The normalized spacial score (nSPS) is 11.3. The second kappa shape index (κ2) is 10.5. The molecular formula is C14H23ClN2O3. The van der Waals surface area contributed by atoms with Crippen LogP contribution in [0.25, 0.3) is 0 Å². The molecular weight excluding hydrogens is 280 g/mol. The number of ether oxygens (including phenoxy) is 2. The molecule has 0 aliphatic heterocycles. The van der Waals surface area contributed by atoms with Gasteiger partial charge in [-0.2, -0.15) is 0 Å². The molecule has 0 aliphatic carbocycles. The zero-order valence-electron chi connectivity index (χ0n) is 12.1. The van der Waals surface area contributed by atoms with E-state index in [0.717, 1.165) is 0 Å². The van der Waals surface area contributed by atoms with Crippen molar-refractivity contribution in [3.05, 3.63) is 29.8 Å². The van der Waals surface area contributed by atoms with Crippen LogP contribution < -0.4 is 15.4 Å². The van der Waals surface area contributed by atoms with Crippen molar-refractivity contribution >= 4 is 18.3 Å². The quantitative estimate of drug-likeness (QED) is 0.714. The standard InChI is InChI=1S/C14H22N2O3.ClH/c1-11(15-2)10-16-14(17)12-6-4-5-7-13(12)19-9-8-18-3;/h4-7,11,15H,8-10H2,1-3H3,(H,16,17);1H. The van der Waals surface area contributed by atoms with Crippen LogP contribution in [0.4, 0.5) is 0 Å². The molecule has 1 amide bonds. The van der Waals surface area contributed by atoms with Gasteiger partial charge < -0.3 is 20.1 Å². The van der Waals surface area contributed by atoms with Crippen molar-refractivity contribution in [3.8, 4) is 5.75 Å². The summed E-state index contributed by atoms with van der Waals surface area (Å²) in [4.78, 5) is 12.1. The van der Waals surface area contributed by atoms with Crippen molar-refractivity contribution in [1.29, 1.82) is 0 Å². The van der Waals surface area contributed by atoms with Crippen LogP contribution in [0.3, 0.4) is 0 Å². The SMILES string of the molecule is CNC(C)CNC(=O)c1ccccc1OCCOC.Cl. The van der Waals surface area contributed by atoms with Crippen molar-refractivity contribution in [2.75, 3.05) is 33.9 Å². The van der Waals surface area contributed by atoms with E-state index in [1.54, 1.807) is 19.2 Å². The number of amides is 1. The molecule has 0 fully saturated rings. The summed E-state index contributed by atoms with van der Waals surface area (Å²) in [6.07, 6.45) is 0. The number of likely N-dealkylation sites (N-methyl/N-ethyl adjacent to an activating group) is 1. The van der Waals surface area contributed by atoms with Crippen LogP contribution in [-0.4, -0.2) is 45.9 Å². The number of carbonyl (C=O) groups excluding carboxylic acids is 1. The monoisotopic (exact) mass is 302 g/mol. The summed E-state index contributed by atoms with van der Waals surface area (Å²) in [5, 5.41) is 5.93. The minimum atomic E-state index is -0.130. The zero-order chi connectivity index (χ0) is 14.1. The van der Waals surface area contributed by atoms with E-state index in [1.165, 1.54) is 0 Å². The van der Waals surface area contributed by atoms with E-state index in [4.69, 9.17) is 9.47 Å². The minimum Gasteiger partial charge on any atom is -0.490 e. The maximum atomic E-state index is 12.1. The lowest BCUT2D eigenvalue weighted by Crippen LogP contribution is -2.37.